The molecule has 0 aliphatic carbocycles. The normalized spacial score (nSPS) is 22.5. The van der Waals surface area contributed by atoms with Gasteiger partial charge in [-0.3, -0.25) is 34.4 Å². The molecule has 16 heteroatoms. The Morgan fingerprint density at radius 2 is 1.03 bits per heavy atom. The Morgan fingerprint density at radius 3 is 1.42 bits per heavy atom. The lowest BCUT2D eigenvalue weighted by Crippen LogP contribution is -2.50. The van der Waals surface area contributed by atoms with E-state index in [4.69, 9.17) is 69.8 Å². The van der Waals surface area contributed by atoms with E-state index in [9.17, 15) is 19.2 Å². The van der Waals surface area contributed by atoms with Gasteiger partial charge in [-0.05, 0) is 155 Å². The highest BCUT2D eigenvalue weighted by Gasteiger charge is 2.47. The molecule has 77 heavy (non-hydrogen) atoms. The van der Waals surface area contributed by atoms with Crippen LogP contribution in [0.1, 0.15) is 113 Å². The first kappa shape index (κ1) is 60.8. The molecule has 4 aliphatic rings. The molecular formula is C61H76Cl4N6O4S2. The Bertz CT molecular complexity index is 2670. The zero-order valence-electron chi connectivity index (χ0n) is 44.8. The van der Waals surface area contributed by atoms with Gasteiger partial charge in [0.25, 0.3) is 0 Å². The first-order valence-corrected chi connectivity index (χ1v) is 30.7. The molecule has 4 fully saturated rings. The zero-order valence-corrected chi connectivity index (χ0v) is 49.5. The lowest BCUT2D eigenvalue weighted by molar-refractivity contribution is -0.142. The third kappa shape index (κ3) is 17.1. The van der Waals surface area contributed by atoms with Gasteiger partial charge in [0.15, 0.2) is 11.6 Å². The number of amides is 2. The van der Waals surface area contributed by atoms with Crippen LogP contribution in [-0.2, 0) is 44.9 Å². The number of nitrogens with one attached hydrogen (secondary N) is 1. The van der Waals surface area contributed by atoms with Crippen molar-refractivity contribution in [1.82, 2.24) is 19.6 Å². The van der Waals surface area contributed by atoms with Crippen molar-refractivity contribution in [3.8, 4) is 0 Å². The Kier molecular flexibility index (Phi) is 23.3. The number of ketones is 2. The monoisotopic (exact) mass is 1160 g/mol. The quantitative estimate of drug-likeness (QED) is 0.0449. The number of thioether (sulfide) groups is 1. The minimum absolute atomic E-state index is 0.0426. The molecule has 4 aromatic carbocycles. The van der Waals surface area contributed by atoms with Crippen LogP contribution in [0.2, 0.25) is 20.1 Å². The van der Waals surface area contributed by atoms with Crippen LogP contribution in [0.25, 0.3) is 0 Å². The van der Waals surface area contributed by atoms with Crippen LogP contribution in [0.15, 0.2) is 97.1 Å². The number of Topliss-reactive ketones (excluding diaryl/α,β-unsaturated/α-hetero) is 2. The highest BCUT2D eigenvalue weighted by Crippen LogP contribution is 2.36. The van der Waals surface area contributed by atoms with Gasteiger partial charge in [-0.15, -0.1) is 11.8 Å². The minimum Gasteiger partial charge on any atom is -0.393 e. The van der Waals surface area contributed by atoms with Gasteiger partial charge in [0.05, 0.1) is 54.3 Å². The number of nitrogens with zero attached hydrogens (tertiary/aromatic N) is 4. The summed E-state index contributed by atoms with van der Waals surface area (Å²) in [6.45, 7) is 7.44. The summed E-state index contributed by atoms with van der Waals surface area (Å²) in [5.41, 5.74) is 10.4. The molecule has 0 aromatic heterocycles. The summed E-state index contributed by atoms with van der Waals surface area (Å²) in [6.07, 6.45) is 12.8. The molecule has 4 saturated heterocycles. The van der Waals surface area contributed by atoms with Crippen molar-refractivity contribution in [2.75, 3.05) is 32.4 Å². The topological polar surface area (TPSA) is 131 Å². The van der Waals surface area contributed by atoms with Crippen LogP contribution in [0.4, 0.5) is 0 Å². The zero-order chi connectivity index (χ0) is 55.2. The van der Waals surface area contributed by atoms with Crippen molar-refractivity contribution in [2.45, 2.75) is 153 Å². The molecule has 2 amide bonds. The molecule has 8 atom stereocenters. The minimum atomic E-state index is -0.530. The van der Waals surface area contributed by atoms with E-state index < -0.39 is 12.1 Å². The standard InChI is InChI=1S/C31H39Cl2N3O2S.C30H37Cl2N3O2S/c1-21-18-28-31(38)35(17-16-24(36(28)20-21)11-8-22-6-4-3-5-7-22)27(13-15-30(34)39-2)29(37)14-10-23-9-12-25(32)26(33)19-23;1-20-17-27-30(37)34(16-15-23(35(27)19-20)10-7-21-5-3-2-4-6-21)26(12-14-29(33)38)28(36)13-9-22-8-11-24(31)25(32)18-22/h3-7,9,12,19,21,24,27-28,34H,8,10-11,13-18,20H2,1-2H3;2-6,8,11,18,20,23,26-27H,7,9-10,12-17,19H2,1H3,(H2,33,38)/t21-,24?,27-,28+;20-,23?,26-,27+/m11/s1. The van der Waals surface area contributed by atoms with E-state index in [1.165, 1.54) is 22.9 Å². The van der Waals surface area contributed by atoms with Gasteiger partial charge in [0.1, 0.15) is 0 Å². The van der Waals surface area contributed by atoms with Crippen LogP contribution < -0.4 is 5.73 Å². The molecule has 8 rings (SSSR count). The summed E-state index contributed by atoms with van der Waals surface area (Å²) >= 11 is 31.0. The molecule has 0 bridgehead atoms. The smallest absolute Gasteiger partial charge is 0.240 e. The van der Waals surface area contributed by atoms with Gasteiger partial charge < -0.3 is 15.5 Å². The lowest BCUT2D eigenvalue weighted by Gasteiger charge is -2.32. The number of halogens is 4. The number of thiocarbonyl (C=S) groups is 1. The van der Waals surface area contributed by atoms with Crippen LogP contribution in [0, 0.1) is 17.2 Å². The highest BCUT2D eigenvalue weighted by molar-refractivity contribution is 8.13. The lowest BCUT2D eigenvalue weighted by atomic mass is 9.97. The maximum atomic E-state index is 14.0. The SMILES string of the molecule is CSC(=N)CC[C@H](C(=O)CCc1ccc(Cl)c(Cl)c1)N1CCC(CCc2ccccc2)N2C[C@H](C)C[C@H]2C1=O.C[C@@H]1C[C@H]2C(=O)N([C@H](CCC(N)=S)C(=O)CCc3ccc(Cl)c(Cl)c3)CCC(CCc3ccccc3)N2C1. The van der Waals surface area contributed by atoms with Gasteiger partial charge in [-0.1, -0.05) is 145 Å². The largest absolute Gasteiger partial charge is 0.393 e. The Hall–Kier alpha value is -3.85. The van der Waals surface area contributed by atoms with E-state index in [-0.39, 0.29) is 35.5 Å². The van der Waals surface area contributed by atoms with Crippen LogP contribution in [0.5, 0.6) is 0 Å². The average molecular weight is 1160 g/mol. The fraction of sp³-hybridized carbons (Fsp3) is 0.508. The Labute approximate surface area is 486 Å². The van der Waals surface area contributed by atoms with Crippen molar-refractivity contribution in [1.29, 1.82) is 5.41 Å². The number of benzene rings is 4. The average Bonchev–Trinajstić information content (AvgIpc) is 4.00. The van der Waals surface area contributed by atoms with E-state index in [1.807, 2.05) is 46.4 Å². The van der Waals surface area contributed by atoms with Crippen LogP contribution in [0.3, 0.4) is 0 Å². The molecule has 4 heterocycles. The van der Waals surface area contributed by atoms with Crippen molar-refractivity contribution in [3.63, 3.8) is 0 Å². The molecule has 0 spiro atoms. The summed E-state index contributed by atoms with van der Waals surface area (Å²) in [7, 11) is 0. The van der Waals surface area contributed by atoms with E-state index in [0.29, 0.717) is 118 Å². The van der Waals surface area contributed by atoms with Gasteiger partial charge >= 0.3 is 0 Å². The summed E-state index contributed by atoms with van der Waals surface area (Å²) in [5, 5.41) is 10.7. The van der Waals surface area contributed by atoms with Crippen LogP contribution >= 0.6 is 70.4 Å². The molecule has 4 aromatic rings. The molecule has 0 radical (unpaired) electrons. The molecule has 4 aliphatic heterocycles. The van der Waals surface area contributed by atoms with Crippen molar-refractivity contribution in [3.05, 3.63) is 139 Å². The predicted molar refractivity (Wildman–Crippen MR) is 322 cm³/mol. The van der Waals surface area contributed by atoms with Crippen molar-refractivity contribution >= 4 is 104 Å². The van der Waals surface area contributed by atoms with Crippen molar-refractivity contribution < 1.29 is 19.2 Å². The molecule has 3 N–H and O–H groups in total. The van der Waals surface area contributed by atoms with E-state index in [2.05, 4.69) is 72.2 Å². The Morgan fingerprint density at radius 1 is 0.610 bits per heavy atom. The number of carbonyl (C=O) groups is 4. The van der Waals surface area contributed by atoms with Gasteiger partial charge in [-0.2, -0.15) is 0 Å². The number of fused-ring (bicyclic) bond motifs is 2. The maximum absolute atomic E-state index is 14.0. The molecule has 10 nitrogen and oxygen atoms in total. The second-order valence-corrected chi connectivity index (χ2v) is 24.8. The second kappa shape index (κ2) is 29.6. The van der Waals surface area contributed by atoms with Crippen molar-refractivity contribution in [2.24, 2.45) is 17.6 Å². The fourth-order valence-corrected chi connectivity index (χ4v) is 13.1. The van der Waals surface area contributed by atoms with Gasteiger partial charge in [0.2, 0.25) is 11.8 Å². The summed E-state index contributed by atoms with van der Waals surface area (Å²) in [6, 6.07) is 31.2. The van der Waals surface area contributed by atoms with E-state index >= 15 is 0 Å². The summed E-state index contributed by atoms with van der Waals surface area (Å²) in [5.74, 6) is 1.16. The first-order valence-electron chi connectivity index (χ1n) is 27.5. The van der Waals surface area contributed by atoms with E-state index in [1.54, 1.807) is 18.2 Å². The molecule has 414 valence electrons. The Balaban J connectivity index is 0.000000224. The number of hydrogen-bond acceptors (Lipinski definition) is 9. The number of hydrogen-bond donors (Lipinski definition) is 2. The number of nitrogens with two attached hydrogens (primary N) is 1. The van der Waals surface area contributed by atoms with Crippen LogP contribution in [-0.4, -0.2) is 122 Å². The van der Waals surface area contributed by atoms with Gasteiger partial charge in [-0.25, -0.2) is 0 Å². The summed E-state index contributed by atoms with van der Waals surface area (Å²) < 4.78 is 0. The second-order valence-electron chi connectivity index (χ2n) is 21.7. The number of aryl methyl sites for hydroxylation is 4. The first-order chi connectivity index (χ1) is 37.0. The number of rotatable bonds is 22. The molecular weight excluding hydrogens is 1090 g/mol. The maximum Gasteiger partial charge on any atom is 0.240 e. The summed E-state index contributed by atoms with van der Waals surface area (Å²) in [4.78, 5) is 64.3. The number of carbonyl (C=O) groups excluding carboxylic acids is 4. The highest BCUT2D eigenvalue weighted by atomic mass is 35.5. The third-order valence-electron chi connectivity index (χ3n) is 16.1. The predicted octanol–water partition coefficient (Wildman–Crippen LogP) is 12.8. The molecule has 0 saturated carbocycles. The van der Waals surface area contributed by atoms with E-state index in [0.717, 1.165) is 75.6 Å². The van der Waals surface area contributed by atoms with Gasteiger partial charge in [0, 0.05) is 51.1 Å². The third-order valence-corrected chi connectivity index (χ3v) is 18.5. The fourth-order valence-electron chi connectivity index (χ4n) is 12.0. The molecule has 2 unspecified atom stereocenters.